The van der Waals surface area contributed by atoms with Crippen LogP contribution in [0.5, 0.6) is 0 Å². The van der Waals surface area contributed by atoms with E-state index in [2.05, 4.69) is 20.8 Å². The molecule has 0 radical (unpaired) electrons. The maximum absolute atomic E-state index is 2.78. The molecule has 0 aromatic rings. The summed E-state index contributed by atoms with van der Waals surface area (Å²) in [6, 6.07) is 0. The summed E-state index contributed by atoms with van der Waals surface area (Å²) in [5, 5.41) is 0. The molecule has 0 amide bonds. The average Bonchev–Trinajstić information content (AvgIpc) is 3.03. The van der Waals surface area contributed by atoms with Crippen LogP contribution < -0.4 is 0 Å². The summed E-state index contributed by atoms with van der Waals surface area (Å²) in [5.74, 6) is 7.57. The lowest BCUT2D eigenvalue weighted by Gasteiger charge is -2.66. The predicted octanol–water partition coefficient (Wildman–Crippen LogP) is 7.08. The second-order valence-electron chi connectivity index (χ2n) is 11.4. The van der Waals surface area contributed by atoms with Gasteiger partial charge in [0.2, 0.25) is 0 Å². The van der Waals surface area contributed by atoms with E-state index in [1.54, 1.807) is 64.2 Å². The standard InChI is InChI=1S/C24H40/c1-16-6-5-14-23(2)20(16)13-15-24(3)21-11-9-17-7-4-8-18(17)19(21)10-12-22(23)24/h16-22H,4-15H2,1-3H3/t16-,17?,18?,19?,20?,21?,22?,23-,24-/m0/s1. The third-order valence-corrected chi connectivity index (χ3v) is 10.8. The molecule has 0 bridgehead atoms. The molecular weight excluding hydrogens is 288 g/mol. The molecule has 0 nitrogen and oxygen atoms in total. The van der Waals surface area contributed by atoms with Crippen LogP contribution >= 0.6 is 0 Å². The SMILES string of the molecule is C[C@H]1CCC[C@@]2(C)C1CC[C@@]1(C)C3CCC4CCCC4C3CCC12. The minimum Gasteiger partial charge on any atom is -0.0622 e. The van der Waals surface area contributed by atoms with Crippen LogP contribution in [0.3, 0.4) is 0 Å². The summed E-state index contributed by atoms with van der Waals surface area (Å²) in [6.45, 7) is 8.11. The van der Waals surface area contributed by atoms with Crippen LogP contribution in [-0.2, 0) is 0 Å². The minimum atomic E-state index is 0.683. The lowest BCUT2D eigenvalue weighted by atomic mass is 9.38. The fourth-order valence-electron chi connectivity index (χ4n) is 9.87. The molecule has 5 rings (SSSR count). The number of hydrogen-bond acceptors (Lipinski definition) is 0. The molecule has 5 aliphatic carbocycles. The zero-order valence-electron chi connectivity index (χ0n) is 16.5. The zero-order chi connectivity index (χ0) is 16.5. The molecule has 5 aliphatic rings. The molecule has 0 N–H and O–H groups in total. The predicted molar refractivity (Wildman–Crippen MR) is 102 cm³/mol. The van der Waals surface area contributed by atoms with Gasteiger partial charge in [-0.05, 0) is 104 Å². The van der Waals surface area contributed by atoms with Crippen LogP contribution in [0.1, 0.15) is 97.8 Å². The Labute approximate surface area is 150 Å². The van der Waals surface area contributed by atoms with E-state index in [1.807, 2.05) is 0 Å². The van der Waals surface area contributed by atoms with Crippen molar-refractivity contribution in [2.75, 3.05) is 0 Å². The van der Waals surface area contributed by atoms with Crippen LogP contribution in [0.4, 0.5) is 0 Å². The summed E-state index contributed by atoms with van der Waals surface area (Å²) >= 11 is 0. The first-order valence-corrected chi connectivity index (χ1v) is 11.5. The highest BCUT2D eigenvalue weighted by Gasteiger charge is 2.61. The molecule has 24 heavy (non-hydrogen) atoms. The molecule has 5 fully saturated rings. The van der Waals surface area contributed by atoms with Gasteiger partial charge in [0.05, 0.1) is 0 Å². The van der Waals surface area contributed by atoms with Gasteiger partial charge in [0.1, 0.15) is 0 Å². The Kier molecular flexibility index (Phi) is 3.71. The Hall–Kier alpha value is 0. The van der Waals surface area contributed by atoms with Crippen LogP contribution in [0, 0.1) is 52.3 Å². The maximum Gasteiger partial charge on any atom is -0.0261 e. The first-order valence-electron chi connectivity index (χ1n) is 11.5. The highest BCUT2D eigenvalue weighted by molar-refractivity contribution is 5.11. The van der Waals surface area contributed by atoms with Crippen molar-refractivity contribution in [3.63, 3.8) is 0 Å². The van der Waals surface area contributed by atoms with Gasteiger partial charge in [0, 0.05) is 0 Å². The molecule has 0 aromatic heterocycles. The van der Waals surface area contributed by atoms with E-state index in [0.717, 1.165) is 41.4 Å². The Balaban J connectivity index is 1.47. The van der Waals surface area contributed by atoms with E-state index >= 15 is 0 Å². The molecular formula is C24H40. The van der Waals surface area contributed by atoms with Gasteiger partial charge >= 0.3 is 0 Å². The van der Waals surface area contributed by atoms with Gasteiger partial charge in [-0.1, -0.05) is 46.5 Å². The monoisotopic (exact) mass is 328 g/mol. The fraction of sp³-hybridized carbons (Fsp3) is 1.00. The van der Waals surface area contributed by atoms with Crippen molar-refractivity contribution in [2.24, 2.45) is 52.3 Å². The number of hydrogen-bond donors (Lipinski definition) is 0. The topological polar surface area (TPSA) is 0 Å². The third-order valence-electron chi connectivity index (χ3n) is 10.8. The van der Waals surface area contributed by atoms with Crippen molar-refractivity contribution >= 4 is 0 Å². The van der Waals surface area contributed by atoms with Gasteiger partial charge in [-0.25, -0.2) is 0 Å². The summed E-state index contributed by atoms with van der Waals surface area (Å²) in [6.07, 6.45) is 18.8. The van der Waals surface area contributed by atoms with Crippen molar-refractivity contribution < 1.29 is 0 Å². The van der Waals surface area contributed by atoms with Gasteiger partial charge in [0.15, 0.2) is 0 Å². The number of rotatable bonds is 0. The highest BCUT2D eigenvalue weighted by Crippen LogP contribution is 2.70. The first-order chi connectivity index (χ1) is 11.5. The Morgan fingerprint density at radius 3 is 2.33 bits per heavy atom. The maximum atomic E-state index is 2.78. The smallest absolute Gasteiger partial charge is 0.0261 e. The van der Waals surface area contributed by atoms with Crippen LogP contribution in [0.2, 0.25) is 0 Å². The van der Waals surface area contributed by atoms with Crippen LogP contribution in [0.15, 0.2) is 0 Å². The molecule has 6 unspecified atom stereocenters. The van der Waals surface area contributed by atoms with Gasteiger partial charge in [-0.3, -0.25) is 0 Å². The van der Waals surface area contributed by atoms with Gasteiger partial charge in [-0.15, -0.1) is 0 Å². The van der Waals surface area contributed by atoms with E-state index in [9.17, 15) is 0 Å². The second-order valence-corrected chi connectivity index (χ2v) is 11.4. The molecule has 0 aliphatic heterocycles. The minimum absolute atomic E-state index is 0.683. The van der Waals surface area contributed by atoms with Crippen molar-refractivity contribution in [1.82, 2.24) is 0 Å². The molecule has 5 saturated carbocycles. The van der Waals surface area contributed by atoms with E-state index in [1.165, 1.54) is 12.8 Å². The van der Waals surface area contributed by atoms with E-state index in [4.69, 9.17) is 0 Å². The second kappa shape index (κ2) is 5.50. The Morgan fingerprint density at radius 2 is 1.46 bits per heavy atom. The van der Waals surface area contributed by atoms with Gasteiger partial charge < -0.3 is 0 Å². The molecule has 0 spiro atoms. The van der Waals surface area contributed by atoms with Crippen molar-refractivity contribution in [3.8, 4) is 0 Å². The highest BCUT2D eigenvalue weighted by atomic mass is 14.7. The quantitative estimate of drug-likeness (QED) is 0.445. The van der Waals surface area contributed by atoms with E-state index < -0.39 is 0 Å². The van der Waals surface area contributed by atoms with Crippen molar-refractivity contribution in [3.05, 3.63) is 0 Å². The summed E-state index contributed by atoms with van der Waals surface area (Å²) in [4.78, 5) is 0. The molecule has 0 aromatic carbocycles. The third kappa shape index (κ3) is 2.04. The van der Waals surface area contributed by atoms with Crippen LogP contribution in [-0.4, -0.2) is 0 Å². The lowest BCUT2D eigenvalue weighted by Crippen LogP contribution is -2.59. The average molecular weight is 329 g/mol. The Morgan fingerprint density at radius 1 is 0.625 bits per heavy atom. The fourth-order valence-corrected chi connectivity index (χ4v) is 9.87. The van der Waals surface area contributed by atoms with E-state index in [0.29, 0.717) is 10.8 Å². The van der Waals surface area contributed by atoms with E-state index in [-0.39, 0.29) is 0 Å². The normalized spacial score (nSPS) is 59.9. The van der Waals surface area contributed by atoms with Gasteiger partial charge in [0.25, 0.3) is 0 Å². The van der Waals surface area contributed by atoms with Gasteiger partial charge in [-0.2, -0.15) is 0 Å². The molecule has 136 valence electrons. The molecule has 0 saturated heterocycles. The first kappa shape index (κ1) is 16.2. The molecule has 0 heterocycles. The Bertz CT molecular complexity index is 494. The van der Waals surface area contributed by atoms with Crippen molar-refractivity contribution in [1.29, 1.82) is 0 Å². The summed E-state index contributed by atoms with van der Waals surface area (Å²) < 4.78 is 0. The molecule has 0 heteroatoms. The van der Waals surface area contributed by atoms with Crippen molar-refractivity contribution in [2.45, 2.75) is 97.8 Å². The zero-order valence-corrected chi connectivity index (χ0v) is 16.5. The summed E-state index contributed by atoms with van der Waals surface area (Å²) in [5.41, 5.74) is 1.38. The lowest BCUT2D eigenvalue weighted by molar-refractivity contribution is -0.174. The summed E-state index contributed by atoms with van der Waals surface area (Å²) in [7, 11) is 0. The van der Waals surface area contributed by atoms with Crippen LogP contribution in [0.25, 0.3) is 0 Å². The molecule has 9 atom stereocenters. The largest absolute Gasteiger partial charge is 0.0622 e. The number of fused-ring (bicyclic) bond motifs is 7.